The van der Waals surface area contributed by atoms with Crippen molar-refractivity contribution in [2.75, 3.05) is 31.2 Å². The molecule has 0 amide bonds. The van der Waals surface area contributed by atoms with E-state index < -0.39 is 0 Å². The molecule has 1 saturated heterocycles. The summed E-state index contributed by atoms with van der Waals surface area (Å²) in [7, 11) is 0. The van der Waals surface area contributed by atoms with Gasteiger partial charge in [0.15, 0.2) is 5.13 Å². The quantitative estimate of drug-likeness (QED) is 0.844. The first-order valence-electron chi connectivity index (χ1n) is 5.87. The summed E-state index contributed by atoms with van der Waals surface area (Å²) in [5, 5.41) is 3.89. The summed E-state index contributed by atoms with van der Waals surface area (Å²) >= 11 is 7.67. The number of hydrogen-bond acceptors (Lipinski definition) is 4. The van der Waals surface area contributed by atoms with Crippen molar-refractivity contribution in [3.05, 3.63) is 34.7 Å². The number of aromatic nitrogens is 1. The molecule has 0 bridgehead atoms. The summed E-state index contributed by atoms with van der Waals surface area (Å²) in [6.07, 6.45) is 0. The topological polar surface area (TPSA) is 25.4 Å². The van der Waals surface area contributed by atoms with E-state index in [1.807, 2.05) is 24.3 Å². The van der Waals surface area contributed by atoms with Crippen molar-refractivity contribution in [3.8, 4) is 11.3 Å². The van der Waals surface area contributed by atoms with Crippen molar-refractivity contribution >= 4 is 28.1 Å². The van der Waals surface area contributed by atoms with E-state index in [0.29, 0.717) is 0 Å². The van der Waals surface area contributed by atoms with Gasteiger partial charge >= 0.3 is 0 Å². The molecule has 3 rings (SSSR count). The van der Waals surface area contributed by atoms with Crippen LogP contribution in [-0.4, -0.2) is 31.3 Å². The molecule has 1 aliphatic heterocycles. The molecule has 2 heterocycles. The van der Waals surface area contributed by atoms with E-state index in [2.05, 4.69) is 15.3 Å². The Morgan fingerprint density at radius 3 is 2.89 bits per heavy atom. The Labute approximate surface area is 115 Å². The lowest BCUT2D eigenvalue weighted by atomic mass is 10.2. The predicted octanol–water partition coefficient (Wildman–Crippen LogP) is 3.30. The maximum Gasteiger partial charge on any atom is 0.186 e. The number of halogens is 1. The molecule has 3 nitrogen and oxygen atoms in total. The normalized spacial score (nSPS) is 15.9. The lowest BCUT2D eigenvalue weighted by molar-refractivity contribution is 0.122. The molecular weight excluding hydrogens is 268 g/mol. The largest absolute Gasteiger partial charge is 0.378 e. The fraction of sp³-hybridized carbons (Fsp3) is 0.308. The summed E-state index contributed by atoms with van der Waals surface area (Å²) in [5.74, 6) is 0. The zero-order valence-electron chi connectivity index (χ0n) is 9.80. The van der Waals surface area contributed by atoms with Gasteiger partial charge in [0.2, 0.25) is 0 Å². The number of benzene rings is 1. The monoisotopic (exact) mass is 280 g/mol. The molecule has 94 valence electrons. The maximum atomic E-state index is 6.00. The minimum absolute atomic E-state index is 0.744. The van der Waals surface area contributed by atoms with E-state index in [9.17, 15) is 0 Å². The summed E-state index contributed by atoms with van der Waals surface area (Å²) in [6, 6.07) is 7.80. The first-order chi connectivity index (χ1) is 8.83. The summed E-state index contributed by atoms with van der Waals surface area (Å²) < 4.78 is 5.35. The van der Waals surface area contributed by atoms with Crippen LogP contribution in [0.4, 0.5) is 5.13 Å². The molecule has 0 N–H and O–H groups in total. The molecule has 1 aromatic heterocycles. The second kappa shape index (κ2) is 5.26. The molecule has 0 radical (unpaired) electrons. The van der Waals surface area contributed by atoms with Crippen LogP contribution in [0.2, 0.25) is 5.02 Å². The maximum absolute atomic E-state index is 6.00. The van der Waals surface area contributed by atoms with Crippen LogP contribution < -0.4 is 4.90 Å². The Morgan fingerprint density at radius 2 is 2.11 bits per heavy atom. The first-order valence-corrected chi connectivity index (χ1v) is 7.13. The van der Waals surface area contributed by atoms with Gasteiger partial charge in [-0.15, -0.1) is 11.3 Å². The predicted molar refractivity (Wildman–Crippen MR) is 75.6 cm³/mol. The summed E-state index contributed by atoms with van der Waals surface area (Å²) in [5.41, 5.74) is 2.06. The SMILES string of the molecule is Clc1cccc(-c2csc(N3CCOCC3)n2)c1. The number of thiazole rings is 1. The van der Waals surface area contributed by atoms with Crippen LogP contribution in [0.25, 0.3) is 11.3 Å². The van der Waals surface area contributed by atoms with E-state index in [1.165, 1.54) is 0 Å². The number of ether oxygens (including phenoxy) is 1. The van der Waals surface area contributed by atoms with Crippen LogP contribution in [0.3, 0.4) is 0 Å². The highest BCUT2D eigenvalue weighted by molar-refractivity contribution is 7.14. The lowest BCUT2D eigenvalue weighted by Crippen LogP contribution is -2.36. The van der Waals surface area contributed by atoms with Crippen molar-refractivity contribution in [2.45, 2.75) is 0 Å². The van der Waals surface area contributed by atoms with Crippen LogP contribution in [0.15, 0.2) is 29.6 Å². The van der Waals surface area contributed by atoms with Crippen LogP contribution in [0.1, 0.15) is 0 Å². The number of anilines is 1. The highest BCUT2D eigenvalue weighted by Gasteiger charge is 2.15. The highest BCUT2D eigenvalue weighted by Crippen LogP contribution is 2.29. The van der Waals surface area contributed by atoms with Gasteiger partial charge in [0.25, 0.3) is 0 Å². The molecule has 0 aliphatic carbocycles. The van der Waals surface area contributed by atoms with E-state index >= 15 is 0 Å². The second-order valence-corrected chi connectivity index (χ2v) is 5.40. The van der Waals surface area contributed by atoms with Gasteiger partial charge in [-0.3, -0.25) is 0 Å². The van der Waals surface area contributed by atoms with Crippen molar-refractivity contribution in [1.82, 2.24) is 4.98 Å². The molecule has 1 aromatic carbocycles. The Morgan fingerprint density at radius 1 is 1.28 bits per heavy atom. The number of hydrogen-bond donors (Lipinski definition) is 0. The third-order valence-corrected chi connectivity index (χ3v) is 4.03. The average Bonchev–Trinajstić information content (AvgIpc) is 2.89. The third kappa shape index (κ3) is 2.51. The molecule has 0 unspecified atom stereocenters. The Bertz CT molecular complexity index is 537. The van der Waals surface area contributed by atoms with Crippen molar-refractivity contribution < 1.29 is 4.74 Å². The van der Waals surface area contributed by atoms with Gasteiger partial charge in [0, 0.05) is 29.1 Å². The number of nitrogens with zero attached hydrogens (tertiary/aromatic N) is 2. The van der Waals surface area contributed by atoms with Gasteiger partial charge in [0.1, 0.15) is 0 Å². The Kier molecular flexibility index (Phi) is 3.50. The molecular formula is C13H13ClN2OS. The van der Waals surface area contributed by atoms with Crippen LogP contribution in [0.5, 0.6) is 0 Å². The molecule has 5 heteroatoms. The molecule has 1 aliphatic rings. The summed E-state index contributed by atoms with van der Waals surface area (Å²) in [6.45, 7) is 3.41. The minimum Gasteiger partial charge on any atom is -0.378 e. The van der Waals surface area contributed by atoms with Crippen molar-refractivity contribution in [2.24, 2.45) is 0 Å². The fourth-order valence-electron chi connectivity index (χ4n) is 1.94. The van der Waals surface area contributed by atoms with Crippen molar-refractivity contribution in [3.63, 3.8) is 0 Å². The van der Waals surface area contributed by atoms with Gasteiger partial charge < -0.3 is 9.64 Å². The first kappa shape index (κ1) is 12.0. The molecule has 0 saturated carbocycles. The lowest BCUT2D eigenvalue weighted by Gasteiger charge is -2.26. The van der Waals surface area contributed by atoms with Crippen LogP contribution >= 0.6 is 22.9 Å². The van der Waals surface area contributed by atoms with E-state index in [1.54, 1.807) is 11.3 Å². The zero-order valence-corrected chi connectivity index (χ0v) is 11.4. The van der Waals surface area contributed by atoms with Crippen LogP contribution in [0, 0.1) is 0 Å². The van der Waals surface area contributed by atoms with Crippen molar-refractivity contribution in [1.29, 1.82) is 0 Å². The molecule has 1 fully saturated rings. The molecule has 2 aromatic rings. The number of rotatable bonds is 2. The van der Waals surface area contributed by atoms with E-state index in [-0.39, 0.29) is 0 Å². The van der Waals surface area contributed by atoms with Crippen LogP contribution in [-0.2, 0) is 4.74 Å². The van der Waals surface area contributed by atoms with E-state index in [4.69, 9.17) is 16.3 Å². The standard InChI is InChI=1S/C13H13ClN2OS/c14-11-3-1-2-10(8-11)12-9-18-13(15-12)16-4-6-17-7-5-16/h1-3,8-9H,4-7H2. The minimum atomic E-state index is 0.744. The number of morpholine rings is 1. The molecule has 0 spiro atoms. The average molecular weight is 281 g/mol. The highest BCUT2D eigenvalue weighted by atomic mass is 35.5. The fourth-order valence-corrected chi connectivity index (χ4v) is 3.02. The van der Waals surface area contributed by atoms with Gasteiger partial charge in [-0.25, -0.2) is 4.98 Å². The second-order valence-electron chi connectivity index (χ2n) is 4.13. The molecule has 0 atom stereocenters. The molecule has 18 heavy (non-hydrogen) atoms. The van der Waals surface area contributed by atoms with Gasteiger partial charge in [-0.05, 0) is 12.1 Å². The smallest absolute Gasteiger partial charge is 0.186 e. The van der Waals surface area contributed by atoms with E-state index in [0.717, 1.165) is 47.7 Å². The van der Waals surface area contributed by atoms with Gasteiger partial charge in [-0.1, -0.05) is 23.7 Å². The van der Waals surface area contributed by atoms with Gasteiger partial charge in [0.05, 0.1) is 18.9 Å². The third-order valence-electron chi connectivity index (χ3n) is 2.89. The zero-order chi connectivity index (χ0) is 12.4. The Hall–Kier alpha value is -1.10. The Balaban J connectivity index is 1.84. The summed E-state index contributed by atoms with van der Waals surface area (Å²) in [4.78, 5) is 6.94. The van der Waals surface area contributed by atoms with Gasteiger partial charge in [-0.2, -0.15) is 0 Å².